The lowest BCUT2D eigenvalue weighted by Gasteiger charge is -2.18. The minimum Gasteiger partial charge on any atom is -0.392 e. The van der Waals surface area contributed by atoms with Gasteiger partial charge in [0.1, 0.15) is 5.82 Å². The monoisotopic (exact) mass is 323 g/mol. The molecule has 7 heteroatoms. The second-order valence-corrected chi connectivity index (χ2v) is 6.21. The molecule has 0 aliphatic rings. The summed E-state index contributed by atoms with van der Waals surface area (Å²) in [6, 6.07) is 6.07. The SMILES string of the molecule is C[C@H](O)CN(C)C(=O)Nc1ncc(Cc2cccc(F)c2)s1. The number of carbonyl (C=O) groups is 1. The molecule has 1 aromatic heterocycles. The standard InChI is InChI=1S/C15H18FN3O2S/c1-10(20)9-19(2)15(21)18-14-17-8-13(22-14)7-11-4-3-5-12(16)6-11/h3-6,8,10,20H,7,9H2,1-2H3,(H,17,18,21)/t10-/m0/s1. The maximum atomic E-state index is 13.1. The fourth-order valence-electron chi connectivity index (χ4n) is 1.96. The minimum atomic E-state index is -0.587. The molecular formula is C15H18FN3O2S. The number of likely N-dealkylation sites (N-methyl/N-ethyl adjacent to an activating group) is 1. The number of aromatic nitrogens is 1. The van der Waals surface area contributed by atoms with E-state index in [1.54, 1.807) is 26.2 Å². The first-order valence-electron chi connectivity index (χ1n) is 6.83. The van der Waals surface area contributed by atoms with E-state index in [9.17, 15) is 14.3 Å². The summed E-state index contributed by atoms with van der Waals surface area (Å²) in [7, 11) is 1.60. The van der Waals surface area contributed by atoms with E-state index in [0.29, 0.717) is 11.6 Å². The van der Waals surface area contributed by atoms with E-state index >= 15 is 0 Å². The van der Waals surface area contributed by atoms with Crippen molar-refractivity contribution < 1.29 is 14.3 Å². The fraction of sp³-hybridized carbons (Fsp3) is 0.333. The number of thiazole rings is 1. The Morgan fingerprint density at radius 2 is 2.32 bits per heavy atom. The summed E-state index contributed by atoms with van der Waals surface area (Å²) in [5.41, 5.74) is 0.854. The van der Waals surface area contributed by atoms with Gasteiger partial charge in [0.05, 0.1) is 6.10 Å². The Balaban J connectivity index is 1.95. The van der Waals surface area contributed by atoms with Crippen molar-refractivity contribution in [2.24, 2.45) is 0 Å². The molecule has 1 atom stereocenters. The number of nitrogens with one attached hydrogen (secondary N) is 1. The van der Waals surface area contributed by atoms with Gasteiger partial charge in [-0.1, -0.05) is 12.1 Å². The van der Waals surface area contributed by atoms with Crippen LogP contribution in [0.15, 0.2) is 30.5 Å². The first kappa shape index (κ1) is 16.4. The van der Waals surface area contributed by atoms with Crippen LogP contribution in [0.1, 0.15) is 17.4 Å². The Morgan fingerprint density at radius 3 is 3.00 bits per heavy atom. The molecule has 0 spiro atoms. The molecule has 2 N–H and O–H groups in total. The second-order valence-electron chi connectivity index (χ2n) is 5.10. The molecule has 2 rings (SSSR count). The van der Waals surface area contributed by atoms with E-state index in [0.717, 1.165) is 10.4 Å². The lowest BCUT2D eigenvalue weighted by Crippen LogP contribution is -2.36. The molecule has 118 valence electrons. The molecule has 0 aliphatic heterocycles. The third-order valence-electron chi connectivity index (χ3n) is 2.92. The van der Waals surface area contributed by atoms with Crippen LogP contribution in [0.25, 0.3) is 0 Å². The van der Waals surface area contributed by atoms with Gasteiger partial charge in [-0.15, -0.1) is 11.3 Å². The van der Waals surface area contributed by atoms with Gasteiger partial charge < -0.3 is 10.0 Å². The van der Waals surface area contributed by atoms with Crippen LogP contribution in [0.4, 0.5) is 14.3 Å². The molecule has 2 amide bonds. The van der Waals surface area contributed by atoms with Crippen LogP contribution < -0.4 is 5.32 Å². The van der Waals surface area contributed by atoms with Crippen molar-refractivity contribution >= 4 is 22.5 Å². The van der Waals surface area contributed by atoms with Crippen LogP contribution in [0.3, 0.4) is 0 Å². The quantitative estimate of drug-likeness (QED) is 0.889. The number of hydrogen-bond donors (Lipinski definition) is 2. The van der Waals surface area contributed by atoms with Gasteiger partial charge in [-0.25, -0.2) is 14.2 Å². The summed E-state index contributed by atoms with van der Waals surface area (Å²) in [6.07, 6.45) is 1.64. The number of rotatable bonds is 5. The van der Waals surface area contributed by atoms with Crippen molar-refractivity contribution in [1.29, 1.82) is 0 Å². The van der Waals surface area contributed by atoms with Crippen molar-refractivity contribution in [2.75, 3.05) is 18.9 Å². The predicted molar refractivity (Wildman–Crippen MR) is 84.6 cm³/mol. The fourth-order valence-corrected chi connectivity index (χ4v) is 2.80. The van der Waals surface area contributed by atoms with Crippen LogP contribution in [0.5, 0.6) is 0 Å². The van der Waals surface area contributed by atoms with Gasteiger partial charge in [0, 0.05) is 31.1 Å². The molecule has 0 saturated carbocycles. The number of halogens is 1. The van der Waals surface area contributed by atoms with E-state index < -0.39 is 6.10 Å². The van der Waals surface area contributed by atoms with E-state index in [4.69, 9.17) is 0 Å². The van der Waals surface area contributed by atoms with E-state index in [2.05, 4.69) is 10.3 Å². The van der Waals surface area contributed by atoms with E-state index in [1.165, 1.54) is 28.4 Å². The van der Waals surface area contributed by atoms with E-state index in [1.807, 2.05) is 6.07 Å². The van der Waals surface area contributed by atoms with E-state index in [-0.39, 0.29) is 18.4 Å². The third-order valence-corrected chi connectivity index (χ3v) is 3.83. The molecule has 1 aromatic carbocycles. The number of aliphatic hydroxyl groups is 1. The zero-order chi connectivity index (χ0) is 16.1. The lowest BCUT2D eigenvalue weighted by molar-refractivity contribution is 0.149. The summed E-state index contributed by atoms with van der Waals surface area (Å²) in [6.45, 7) is 1.86. The molecule has 1 heterocycles. The molecule has 0 fully saturated rings. The molecule has 2 aromatic rings. The van der Waals surface area contributed by atoms with Crippen molar-refractivity contribution in [3.8, 4) is 0 Å². The summed E-state index contributed by atoms with van der Waals surface area (Å²) >= 11 is 1.34. The molecule has 0 saturated heterocycles. The van der Waals surface area contributed by atoms with Gasteiger partial charge in [0.25, 0.3) is 0 Å². The van der Waals surface area contributed by atoms with Crippen LogP contribution in [-0.4, -0.2) is 40.7 Å². The first-order valence-corrected chi connectivity index (χ1v) is 7.65. The second kappa shape index (κ2) is 7.33. The number of aliphatic hydroxyl groups excluding tert-OH is 1. The predicted octanol–water partition coefficient (Wildman–Crippen LogP) is 2.72. The molecule has 0 bridgehead atoms. The number of hydrogen-bond acceptors (Lipinski definition) is 4. The number of benzene rings is 1. The molecule has 0 aliphatic carbocycles. The molecular weight excluding hydrogens is 305 g/mol. The number of urea groups is 1. The largest absolute Gasteiger partial charge is 0.392 e. The normalized spacial score (nSPS) is 12.0. The summed E-state index contributed by atoms with van der Waals surface area (Å²) < 4.78 is 13.1. The van der Waals surface area contributed by atoms with Crippen molar-refractivity contribution in [3.05, 3.63) is 46.7 Å². The first-order chi connectivity index (χ1) is 10.4. The highest BCUT2D eigenvalue weighted by atomic mass is 32.1. The highest BCUT2D eigenvalue weighted by molar-refractivity contribution is 7.15. The highest BCUT2D eigenvalue weighted by Crippen LogP contribution is 2.21. The summed E-state index contributed by atoms with van der Waals surface area (Å²) in [5, 5.41) is 12.4. The van der Waals surface area contributed by atoms with Gasteiger partial charge in [-0.05, 0) is 24.6 Å². The maximum Gasteiger partial charge on any atom is 0.323 e. The highest BCUT2D eigenvalue weighted by Gasteiger charge is 2.13. The molecule has 22 heavy (non-hydrogen) atoms. The lowest BCUT2D eigenvalue weighted by atomic mass is 10.1. The Bertz CT molecular complexity index is 645. The molecule has 0 radical (unpaired) electrons. The number of amides is 2. The van der Waals surface area contributed by atoms with Crippen LogP contribution in [0, 0.1) is 5.82 Å². The average Bonchev–Trinajstić information content (AvgIpc) is 2.85. The summed E-state index contributed by atoms with van der Waals surface area (Å²) in [4.78, 5) is 18.3. The molecule has 5 nitrogen and oxygen atoms in total. The van der Waals surface area contributed by atoms with Crippen molar-refractivity contribution in [2.45, 2.75) is 19.4 Å². The Hall–Kier alpha value is -1.99. The van der Waals surface area contributed by atoms with Crippen molar-refractivity contribution in [3.63, 3.8) is 0 Å². The van der Waals surface area contributed by atoms with Gasteiger partial charge >= 0.3 is 6.03 Å². The van der Waals surface area contributed by atoms with Crippen LogP contribution >= 0.6 is 11.3 Å². The average molecular weight is 323 g/mol. The van der Waals surface area contributed by atoms with Crippen LogP contribution in [0.2, 0.25) is 0 Å². The van der Waals surface area contributed by atoms with Gasteiger partial charge in [0.15, 0.2) is 5.13 Å². The topological polar surface area (TPSA) is 65.5 Å². The Kier molecular flexibility index (Phi) is 5.46. The molecule has 0 unspecified atom stereocenters. The van der Waals surface area contributed by atoms with Gasteiger partial charge in [-0.2, -0.15) is 0 Å². The number of carbonyl (C=O) groups excluding carboxylic acids is 1. The maximum absolute atomic E-state index is 13.1. The van der Waals surface area contributed by atoms with Crippen LogP contribution in [-0.2, 0) is 6.42 Å². The van der Waals surface area contributed by atoms with Gasteiger partial charge in [0.2, 0.25) is 0 Å². The Labute approximate surface area is 132 Å². The smallest absolute Gasteiger partial charge is 0.323 e. The Morgan fingerprint density at radius 1 is 1.55 bits per heavy atom. The number of nitrogens with zero attached hydrogens (tertiary/aromatic N) is 2. The summed E-state index contributed by atoms with van der Waals surface area (Å²) in [5.74, 6) is -0.268. The van der Waals surface area contributed by atoms with Crippen molar-refractivity contribution in [1.82, 2.24) is 9.88 Å². The van der Waals surface area contributed by atoms with Gasteiger partial charge in [-0.3, -0.25) is 5.32 Å². The third kappa shape index (κ3) is 4.78. The minimum absolute atomic E-state index is 0.243. The zero-order valence-electron chi connectivity index (χ0n) is 12.4. The number of anilines is 1. The zero-order valence-corrected chi connectivity index (χ0v) is 13.2.